The van der Waals surface area contributed by atoms with Crippen LogP contribution in [0.2, 0.25) is 0 Å². The van der Waals surface area contributed by atoms with Crippen LogP contribution in [0.15, 0.2) is 24.3 Å². The van der Waals surface area contributed by atoms with E-state index in [0.29, 0.717) is 0 Å². The number of likely N-dealkylation sites (tertiary alicyclic amines) is 1. The smallest absolute Gasteiger partial charge is 0.335 e. The number of amides is 2. The Hall–Kier alpha value is -2.18. The molecular formula is C12H12F2N2O3. The predicted molar refractivity (Wildman–Crippen MR) is 63.6 cm³/mol. The van der Waals surface area contributed by atoms with Crippen molar-refractivity contribution in [2.45, 2.75) is 12.3 Å². The van der Waals surface area contributed by atoms with Crippen LogP contribution in [-0.4, -0.2) is 41.0 Å². The number of hydrogen-bond donors (Lipinski definition) is 2. The first-order valence-corrected chi connectivity index (χ1v) is 5.64. The summed E-state index contributed by atoms with van der Waals surface area (Å²) in [6, 6.07) is 4.96. The van der Waals surface area contributed by atoms with Gasteiger partial charge in [0.1, 0.15) is 0 Å². The number of rotatable bonds is 2. The number of carboxylic acids is 1. The van der Waals surface area contributed by atoms with Gasteiger partial charge in [-0.05, 0) is 18.2 Å². The normalized spacial score (nSPS) is 17.3. The molecule has 0 aliphatic carbocycles. The minimum absolute atomic E-state index is 0.0164. The zero-order valence-electron chi connectivity index (χ0n) is 9.90. The van der Waals surface area contributed by atoms with Gasteiger partial charge in [0.15, 0.2) is 0 Å². The standard InChI is InChI=1S/C12H12F2N2O3/c13-12(14)4-5-16(7-12)11(19)15-9-3-1-2-8(6-9)10(17)18/h1-3,6H,4-5,7H2,(H,15,19)(H,17,18). The van der Waals surface area contributed by atoms with Crippen molar-refractivity contribution in [1.29, 1.82) is 0 Å². The summed E-state index contributed by atoms with van der Waals surface area (Å²) >= 11 is 0. The number of carbonyl (C=O) groups excluding carboxylic acids is 1. The van der Waals surface area contributed by atoms with E-state index in [4.69, 9.17) is 5.11 Å². The van der Waals surface area contributed by atoms with Crippen LogP contribution in [0.3, 0.4) is 0 Å². The number of urea groups is 1. The number of nitrogens with one attached hydrogen (secondary N) is 1. The SMILES string of the molecule is O=C(O)c1cccc(NC(=O)N2CCC(F)(F)C2)c1. The van der Waals surface area contributed by atoms with Gasteiger partial charge in [0, 0.05) is 18.7 Å². The van der Waals surface area contributed by atoms with Crippen LogP contribution in [0.1, 0.15) is 16.8 Å². The molecule has 0 spiro atoms. The third kappa shape index (κ3) is 3.18. The van der Waals surface area contributed by atoms with E-state index < -0.39 is 24.5 Å². The molecule has 19 heavy (non-hydrogen) atoms. The first-order valence-electron chi connectivity index (χ1n) is 5.64. The number of benzene rings is 1. The molecule has 0 atom stereocenters. The molecule has 1 saturated heterocycles. The first kappa shape index (κ1) is 13.3. The Morgan fingerprint density at radius 2 is 2.11 bits per heavy atom. The van der Waals surface area contributed by atoms with Crippen molar-refractivity contribution in [3.63, 3.8) is 0 Å². The summed E-state index contributed by atoms with van der Waals surface area (Å²) in [7, 11) is 0. The highest BCUT2D eigenvalue weighted by Crippen LogP contribution is 2.27. The van der Waals surface area contributed by atoms with E-state index in [2.05, 4.69) is 5.32 Å². The number of carboxylic acid groups (broad SMARTS) is 1. The van der Waals surface area contributed by atoms with Gasteiger partial charge in [0.05, 0.1) is 12.1 Å². The van der Waals surface area contributed by atoms with Crippen LogP contribution in [-0.2, 0) is 0 Å². The number of aromatic carboxylic acids is 1. The second-order valence-electron chi connectivity index (χ2n) is 4.34. The third-order valence-electron chi connectivity index (χ3n) is 2.82. The molecule has 7 heteroatoms. The lowest BCUT2D eigenvalue weighted by Gasteiger charge is -2.17. The third-order valence-corrected chi connectivity index (χ3v) is 2.82. The lowest BCUT2D eigenvalue weighted by Crippen LogP contribution is -2.34. The number of anilines is 1. The van der Waals surface area contributed by atoms with Gasteiger partial charge in [0.2, 0.25) is 0 Å². The maximum atomic E-state index is 13.0. The number of hydrogen-bond acceptors (Lipinski definition) is 2. The van der Waals surface area contributed by atoms with Crippen molar-refractivity contribution < 1.29 is 23.5 Å². The van der Waals surface area contributed by atoms with Crippen molar-refractivity contribution in [1.82, 2.24) is 4.90 Å². The molecule has 0 radical (unpaired) electrons. The fourth-order valence-corrected chi connectivity index (χ4v) is 1.84. The highest BCUT2D eigenvalue weighted by atomic mass is 19.3. The Bertz CT molecular complexity index is 519. The van der Waals surface area contributed by atoms with Crippen LogP contribution in [0.4, 0.5) is 19.3 Å². The molecule has 0 unspecified atom stereocenters. The molecular weight excluding hydrogens is 258 g/mol. The van der Waals surface area contributed by atoms with Crippen LogP contribution in [0.25, 0.3) is 0 Å². The molecule has 102 valence electrons. The quantitative estimate of drug-likeness (QED) is 0.866. The summed E-state index contributed by atoms with van der Waals surface area (Å²) in [5.74, 6) is -3.97. The molecule has 0 saturated carbocycles. The highest BCUT2D eigenvalue weighted by Gasteiger charge is 2.40. The molecule has 1 aromatic carbocycles. The summed E-state index contributed by atoms with van der Waals surface area (Å²) in [4.78, 5) is 23.5. The second kappa shape index (κ2) is 4.83. The Morgan fingerprint density at radius 1 is 1.37 bits per heavy atom. The van der Waals surface area contributed by atoms with E-state index in [1.54, 1.807) is 0 Å². The van der Waals surface area contributed by atoms with Crippen LogP contribution in [0, 0.1) is 0 Å². The molecule has 2 rings (SSSR count). The van der Waals surface area contributed by atoms with E-state index in [-0.39, 0.29) is 24.2 Å². The zero-order chi connectivity index (χ0) is 14.0. The van der Waals surface area contributed by atoms with Gasteiger partial charge in [-0.15, -0.1) is 0 Å². The lowest BCUT2D eigenvalue weighted by atomic mass is 10.2. The summed E-state index contributed by atoms with van der Waals surface area (Å²) in [6.45, 7) is -0.630. The molecule has 2 amide bonds. The Balaban J connectivity index is 2.03. The topological polar surface area (TPSA) is 69.6 Å². The maximum absolute atomic E-state index is 13.0. The Kier molecular flexibility index (Phi) is 3.37. The molecule has 5 nitrogen and oxygen atoms in total. The van der Waals surface area contributed by atoms with Gasteiger partial charge in [-0.3, -0.25) is 0 Å². The highest BCUT2D eigenvalue weighted by molar-refractivity contribution is 5.93. The molecule has 1 heterocycles. The van der Waals surface area contributed by atoms with E-state index >= 15 is 0 Å². The van der Waals surface area contributed by atoms with Gasteiger partial charge in [-0.1, -0.05) is 6.07 Å². The predicted octanol–water partition coefficient (Wildman–Crippen LogP) is 2.26. The lowest BCUT2D eigenvalue weighted by molar-refractivity contribution is 0.0159. The second-order valence-corrected chi connectivity index (χ2v) is 4.34. The molecule has 0 aromatic heterocycles. The zero-order valence-corrected chi connectivity index (χ0v) is 9.90. The Labute approximate surface area is 107 Å². The fourth-order valence-electron chi connectivity index (χ4n) is 1.84. The van der Waals surface area contributed by atoms with Crippen molar-refractivity contribution in [2.75, 3.05) is 18.4 Å². The Morgan fingerprint density at radius 3 is 2.68 bits per heavy atom. The van der Waals surface area contributed by atoms with Gasteiger partial charge < -0.3 is 15.3 Å². The monoisotopic (exact) mass is 270 g/mol. The summed E-state index contributed by atoms with van der Waals surface area (Å²) < 4.78 is 25.9. The van der Waals surface area contributed by atoms with E-state index in [1.165, 1.54) is 24.3 Å². The maximum Gasteiger partial charge on any atom is 0.335 e. The van der Waals surface area contributed by atoms with Crippen molar-refractivity contribution >= 4 is 17.7 Å². The number of alkyl halides is 2. The average Bonchev–Trinajstić information content (AvgIpc) is 2.70. The van der Waals surface area contributed by atoms with Gasteiger partial charge in [-0.2, -0.15) is 0 Å². The summed E-state index contributed by atoms with van der Waals surface area (Å²) in [6.07, 6.45) is -0.352. The van der Waals surface area contributed by atoms with E-state index in [0.717, 1.165) is 4.90 Å². The van der Waals surface area contributed by atoms with Gasteiger partial charge in [-0.25, -0.2) is 18.4 Å². The molecule has 1 fully saturated rings. The first-order chi connectivity index (χ1) is 8.87. The minimum Gasteiger partial charge on any atom is -0.478 e. The molecule has 1 aromatic rings. The van der Waals surface area contributed by atoms with E-state index in [1.807, 2.05) is 0 Å². The number of carbonyl (C=O) groups is 2. The van der Waals surface area contributed by atoms with Crippen LogP contribution < -0.4 is 5.32 Å². The van der Waals surface area contributed by atoms with Gasteiger partial charge in [0.25, 0.3) is 5.92 Å². The van der Waals surface area contributed by atoms with Crippen LogP contribution >= 0.6 is 0 Å². The van der Waals surface area contributed by atoms with Crippen LogP contribution in [0.5, 0.6) is 0 Å². The minimum atomic E-state index is -2.85. The molecule has 1 aliphatic rings. The van der Waals surface area contributed by atoms with Crippen molar-refractivity contribution in [3.8, 4) is 0 Å². The summed E-state index contributed by atoms with van der Waals surface area (Å²) in [5, 5.41) is 11.2. The van der Waals surface area contributed by atoms with Crippen molar-refractivity contribution in [3.05, 3.63) is 29.8 Å². The van der Waals surface area contributed by atoms with Gasteiger partial charge >= 0.3 is 12.0 Å². The van der Waals surface area contributed by atoms with E-state index in [9.17, 15) is 18.4 Å². The molecule has 1 aliphatic heterocycles. The largest absolute Gasteiger partial charge is 0.478 e. The average molecular weight is 270 g/mol. The fraction of sp³-hybridized carbons (Fsp3) is 0.333. The summed E-state index contributed by atoms with van der Waals surface area (Å²) in [5.41, 5.74) is 0.282. The molecule has 0 bridgehead atoms. The van der Waals surface area contributed by atoms with Crippen molar-refractivity contribution in [2.24, 2.45) is 0 Å². The number of halogens is 2. The number of nitrogens with zero attached hydrogens (tertiary/aromatic N) is 1. The molecule has 2 N–H and O–H groups in total.